The second-order valence-corrected chi connectivity index (χ2v) is 4.13. The molecule has 0 aliphatic heterocycles. The molecule has 2 rings (SSSR count). The summed E-state index contributed by atoms with van der Waals surface area (Å²) in [5, 5.41) is 6.57. The molecule has 100 valence electrons. The zero-order chi connectivity index (χ0) is 14.0. The fourth-order valence-electron chi connectivity index (χ4n) is 1.70. The highest BCUT2D eigenvalue weighted by molar-refractivity contribution is 6.04. The number of halogens is 1. The Hall–Kier alpha value is -2.37. The van der Waals surface area contributed by atoms with Crippen LogP contribution in [0.3, 0.4) is 0 Å². The summed E-state index contributed by atoms with van der Waals surface area (Å²) in [7, 11) is 3.19. The third kappa shape index (κ3) is 2.73. The first-order valence-electron chi connectivity index (χ1n) is 5.67. The number of hydrogen-bond donors (Lipinski definition) is 1. The summed E-state index contributed by atoms with van der Waals surface area (Å²) in [5.74, 6) is -0.293. The minimum atomic E-state index is -0.564. The Morgan fingerprint density at radius 2 is 2.16 bits per heavy atom. The number of amides is 1. The van der Waals surface area contributed by atoms with Crippen molar-refractivity contribution in [2.45, 2.75) is 6.92 Å². The van der Waals surface area contributed by atoms with Crippen molar-refractivity contribution in [2.75, 3.05) is 12.4 Å². The van der Waals surface area contributed by atoms with E-state index in [4.69, 9.17) is 4.74 Å². The number of methoxy groups -OCH3 is 1. The fraction of sp³-hybridized carbons (Fsp3) is 0.231. The van der Waals surface area contributed by atoms with Gasteiger partial charge in [0.1, 0.15) is 5.82 Å². The lowest BCUT2D eigenvalue weighted by atomic mass is 10.1. The number of carbonyl (C=O) groups is 1. The molecular formula is C13H14FN3O2. The van der Waals surface area contributed by atoms with Crippen molar-refractivity contribution in [3.05, 3.63) is 41.2 Å². The molecule has 0 radical (unpaired) electrons. The van der Waals surface area contributed by atoms with E-state index in [0.29, 0.717) is 11.7 Å². The third-order valence-electron chi connectivity index (χ3n) is 2.65. The Morgan fingerprint density at radius 3 is 2.79 bits per heavy atom. The predicted molar refractivity (Wildman–Crippen MR) is 68.9 cm³/mol. The molecule has 1 aromatic heterocycles. The van der Waals surface area contributed by atoms with E-state index in [1.165, 1.54) is 23.9 Å². The molecule has 0 fully saturated rings. The van der Waals surface area contributed by atoms with Crippen molar-refractivity contribution in [1.29, 1.82) is 0 Å². The summed E-state index contributed by atoms with van der Waals surface area (Å²) in [5.41, 5.74) is 0.801. The van der Waals surface area contributed by atoms with Gasteiger partial charge in [-0.25, -0.2) is 9.07 Å². The third-order valence-corrected chi connectivity index (χ3v) is 2.65. The fourth-order valence-corrected chi connectivity index (χ4v) is 1.70. The van der Waals surface area contributed by atoms with Crippen LogP contribution < -0.4 is 10.1 Å². The van der Waals surface area contributed by atoms with E-state index in [-0.39, 0.29) is 5.56 Å². The average molecular weight is 263 g/mol. The van der Waals surface area contributed by atoms with Crippen LogP contribution in [-0.4, -0.2) is 22.8 Å². The van der Waals surface area contributed by atoms with E-state index in [1.807, 2.05) is 0 Å². The maximum Gasteiger partial charge on any atom is 0.259 e. The molecule has 0 spiro atoms. The van der Waals surface area contributed by atoms with Gasteiger partial charge in [-0.1, -0.05) is 11.6 Å². The monoisotopic (exact) mass is 263 g/mol. The number of benzene rings is 1. The molecule has 1 heterocycles. The van der Waals surface area contributed by atoms with Gasteiger partial charge in [0.05, 0.1) is 12.7 Å². The molecular weight excluding hydrogens is 249 g/mol. The largest absolute Gasteiger partial charge is 0.481 e. The molecule has 5 nitrogen and oxygen atoms in total. The van der Waals surface area contributed by atoms with Crippen LogP contribution in [0, 0.1) is 12.7 Å². The number of hydrogen-bond acceptors (Lipinski definition) is 3. The number of nitrogens with one attached hydrogen (secondary N) is 1. The number of anilines is 1. The summed E-state index contributed by atoms with van der Waals surface area (Å²) in [6, 6.07) is 5.93. The Labute approximate surface area is 110 Å². The highest BCUT2D eigenvalue weighted by Crippen LogP contribution is 2.17. The quantitative estimate of drug-likeness (QED) is 0.923. The van der Waals surface area contributed by atoms with Gasteiger partial charge in [-0.3, -0.25) is 4.79 Å². The van der Waals surface area contributed by atoms with E-state index in [9.17, 15) is 9.18 Å². The Balaban J connectivity index is 2.22. The van der Waals surface area contributed by atoms with Crippen LogP contribution in [0.4, 0.5) is 10.2 Å². The molecule has 0 bridgehead atoms. The SMILES string of the molecule is COc1cc(NC(=O)c2cc(C)ccc2F)nn1C. The van der Waals surface area contributed by atoms with E-state index >= 15 is 0 Å². The lowest BCUT2D eigenvalue weighted by Crippen LogP contribution is -2.14. The van der Waals surface area contributed by atoms with Crippen LogP contribution in [0.15, 0.2) is 24.3 Å². The van der Waals surface area contributed by atoms with Crippen molar-refractivity contribution in [3.8, 4) is 5.88 Å². The van der Waals surface area contributed by atoms with E-state index in [1.54, 1.807) is 26.1 Å². The molecule has 0 aliphatic rings. The van der Waals surface area contributed by atoms with Gasteiger partial charge in [-0.15, -0.1) is 0 Å². The summed E-state index contributed by atoms with van der Waals surface area (Å²) in [6.45, 7) is 1.79. The molecule has 0 aliphatic carbocycles. The van der Waals surface area contributed by atoms with Crippen LogP contribution in [0.1, 0.15) is 15.9 Å². The first kappa shape index (κ1) is 13.1. The highest BCUT2D eigenvalue weighted by Gasteiger charge is 2.14. The van der Waals surface area contributed by atoms with Crippen LogP contribution in [0.2, 0.25) is 0 Å². The molecule has 1 aromatic carbocycles. The molecule has 0 unspecified atom stereocenters. The molecule has 2 aromatic rings. The number of aryl methyl sites for hydroxylation is 2. The molecule has 1 amide bonds. The number of rotatable bonds is 3. The summed E-state index contributed by atoms with van der Waals surface area (Å²) >= 11 is 0. The lowest BCUT2D eigenvalue weighted by Gasteiger charge is -2.04. The molecule has 0 saturated heterocycles. The van der Waals surface area contributed by atoms with E-state index < -0.39 is 11.7 Å². The average Bonchev–Trinajstić information content (AvgIpc) is 2.72. The van der Waals surface area contributed by atoms with Gasteiger partial charge in [0, 0.05) is 13.1 Å². The van der Waals surface area contributed by atoms with Gasteiger partial charge in [-0.05, 0) is 19.1 Å². The molecule has 0 saturated carbocycles. The number of carbonyl (C=O) groups excluding carboxylic acids is 1. The van der Waals surface area contributed by atoms with Crippen LogP contribution in [0.5, 0.6) is 5.88 Å². The molecule has 0 atom stereocenters. The van der Waals surface area contributed by atoms with Gasteiger partial charge in [0.2, 0.25) is 5.88 Å². The second kappa shape index (κ2) is 5.09. The van der Waals surface area contributed by atoms with Crippen molar-refractivity contribution < 1.29 is 13.9 Å². The maximum absolute atomic E-state index is 13.6. The van der Waals surface area contributed by atoms with Crippen LogP contribution >= 0.6 is 0 Å². The van der Waals surface area contributed by atoms with Crippen molar-refractivity contribution >= 4 is 11.7 Å². The van der Waals surface area contributed by atoms with Gasteiger partial charge in [0.25, 0.3) is 5.91 Å². The summed E-state index contributed by atoms with van der Waals surface area (Å²) in [6.07, 6.45) is 0. The Morgan fingerprint density at radius 1 is 1.42 bits per heavy atom. The number of nitrogens with zero attached hydrogens (tertiary/aromatic N) is 2. The normalized spacial score (nSPS) is 10.3. The number of aromatic nitrogens is 2. The van der Waals surface area contributed by atoms with Gasteiger partial charge >= 0.3 is 0 Å². The maximum atomic E-state index is 13.6. The Bertz CT molecular complexity index is 622. The van der Waals surface area contributed by atoms with Crippen molar-refractivity contribution in [2.24, 2.45) is 7.05 Å². The van der Waals surface area contributed by atoms with Gasteiger partial charge in [0.15, 0.2) is 5.82 Å². The second-order valence-electron chi connectivity index (χ2n) is 4.13. The summed E-state index contributed by atoms with van der Waals surface area (Å²) < 4.78 is 20.1. The minimum Gasteiger partial charge on any atom is -0.481 e. The Kier molecular flexibility index (Phi) is 3.50. The topological polar surface area (TPSA) is 56.1 Å². The smallest absolute Gasteiger partial charge is 0.259 e. The van der Waals surface area contributed by atoms with Gasteiger partial charge in [-0.2, -0.15) is 5.10 Å². The first-order valence-corrected chi connectivity index (χ1v) is 5.67. The molecule has 19 heavy (non-hydrogen) atoms. The van der Waals surface area contributed by atoms with Crippen LogP contribution in [-0.2, 0) is 7.05 Å². The molecule has 1 N–H and O–H groups in total. The van der Waals surface area contributed by atoms with Crippen LogP contribution in [0.25, 0.3) is 0 Å². The minimum absolute atomic E-state index is 0.00961. The standard InChI is InChI=1S/C13H14FN3O2/c1-8-4-5-10(14)9(6-8)13(18)15-11-7-12(19-3)17(2)16-11/h4-7H,1-3H3,(H,15,16,18). The lowest BCUT2D eigenvalue weighted by molar-refractivity contribution is 0.102. The van der Waals surface area contributed by atoms with E-state index in [0.717, 1.165) is 5.56 Å². The zero-order valence-electron chi connectivity index (χ0n) is 10.9. The summed E-state index contributed by atoms with van der Waals surface area (Å²) in [4.78, 5) is 12.0. The zero-order valence-corrected chi connectivity index (χ0v) is 10.9. The van der Waals surface area contributed by atoms with E-state index in [2.05, 4.69) is 10.4 Å². The van der Waals surface area contributed by atoms with Gasteiger partial charge < -0.3 is 10.1 Å². The molecule has 6 heteroatoms. The van der Waals surface area contributed by atoms with Crippen molar-refractivity contribution in [3.63, 3.8) is 0 Å². The number of ether oxygens (including phenoxy) is 1. The predicted octanol–water partition coefficient (Wildman–Crippen LogP) is 2.13. The first-order chi connectivity index (χ1) is 9.01. The van der Waals surface area contributed by atoms with Crippen molar-refractivity contribution in [1.82, 2.24) is 9.78 Å². The highest BCUT2D eigenvalue weighted by atomic mass is 19.1.